The molecule has 0 heterocycles. The highest BCUT2D eigenvalue weighted by Crippen LogP contribution is 2.18. The third-order valence-electron chi connectivity index (χ3n) is 11.7. The summed E-state index contributed by atoms with van der Waals surface area (Å²) in [7, 11) is 3.83. The highest BCUT2D eigenvalue weighted by molar-refractivity contribution is 7.98. The van der Waals surface area contributed by atoms with E-state index in [1.54, 1.807) is 66.9 Å². The molecule has 25 heteroatoms. The molecule has 0 radical (unpaired) electrons. The van der Waals surface area contributed by atoms with Crippen molar-refractivity contribution in [3.63, 3.8) is 0 Å². The molecule has 2 aromatic rings. The second-order valence-electron chi connectivity index (χ2n) is 17.2. The summed E-state index contributed by atoms with van der Waals surface area (Å²) in [6, 6.07) is 11.2. The predicted octanol–water partition coefficient (Wildman–Crippen LogP) is 1.00. The molecule has 0 bridgehead atoms. The zero-order valence-electron chi connectivity index (χ0n) is 41.7. The first kappa shape index (κ1) is 63.1. The molecule has 0 saturated heterocycles. The van der Waals surface area contributed by atoms with Crippen LogP contribution < -0.4 is 26.6 Å². The van der Waals surface area contributed by atoms with E-state index < -0.39 is 102 Å². The number of amides is 4. The number of carboxylic acids is 4. The molecule has 0 saturated carbocycles. The molecule has 7 atom stereocenters. The Morgan fingerprint density at radius 3 is 1.81 bits per heavy atom. The number of aliphatic carboxylic acids is 4. The van der Waals surface area contributed by atoms with Crippen LogP contribution in [0.1, 0.15) is 75.3 Å². The number of Topliss-reactive ketones (excluding diaryl/α,β-unsaturated/α-hetero) is 2. The Morgan fingerprint density at radius 2 is 1.27 bits per heavy atom. The van der Waals surface area contributed by atoms with Crippen LogP contribution in [0.2, 0.25) is 0 Å². The number of ketones is 2. The summed E-state index contributed by atoms with van der Waals surface area (Å²) in [5, 5.41) is 51.1. The molecule has 0 aliphatic rings. The van der Waals surface area contributed by atoms with Gasteiger partial charge in [-0.2, -0.15) is 11.8 Å². The van der Waals surface area contributed by atoms with Crippen molar-refractivity contribution in [2.24, 2.45) is 5.92 Å². The molecule has 2 unspecified atom stereocenters. The summed E-state index contributed by atoms with van der Waals surface area (Å²) in [6.45, 7) is -0.278. The molecule has 406 valence electrons. The second-order valence-corrected chi connectivity index (χ2v) is 18.5. The van der Waals surface area contributed by atoms with Crippen molar-refractivity contribution >= 4 is 94.6 Å². The lowest BCUT2D eigenvalue weighted by Crippen LogP contribution is -2.58. The van der Waals surface area contributed by atoms with Crippen molar-refractivity contribution in [1.29, 1.82) is 0 Å². The summed E-state index contributed by atoms with van der Waals surface area (Å²) in [5.41, 5.74) is 1.42. The van der Waals surface area contributed by atoms with Gasteiger partial charge in [-0.05, 0) is 68.8 Å². The van der Waals surface area contributed by atoms with Crippen LogP contribution in [0.15, 0.2) is 60.7 Å². The maximum Gasteiger partial charge on any atom is 0.327 e. The van der Waals surface area contributed by atoms with Gasteiger partial charge >= 0.3 is 23.9 Å². The molecule has 0 spiro atoms. The van der Waals surface area contributed by atoms with Crippen molar-refractivity contribution in [1.82, 2.24) is 36.4 Å². The Bertz CT molecular complexity index is 2240. The van der Waals surface area contributed by atoms with E-state index >= 15 is 0 Å². The van der Waals surface area contributed by atoms with Crippen LogP contribution in [0.5, 0.6) is 0 Å². The molecule has 0 aliphatic heterocycles. The molecular weight excluding hydrogens is 1010 g/mol. The van der Waals surface area contributed by atoms with E-state index in [0.717, 1.165) is 21.6 Å². The van der Waals surface area contributed by atoms with Crippen molar-refractivity contribution in [2.75, 3.05) is 39.7 Å². The SMILES string of the molecule is CN[C@@H](CNC(=O)[C@@H](CC(=O)[C@H](Cc1ccccc1)NC(=O)CCCCC(=O)CC[C@H](NC(=S)N[C@@H](CCC(=O)O)OC=O)C(=O)O)Cc1ccccc1)C(=O)N(C)C(CC(=O)O)C(=O)N(C)C(CSC)C(=O)O. The number of rotatable bonds is 37. The van der Waals surface area contributed by atoms with E-state index in [-0.39, 0.29) is 100 Å². The fraction of sp³-hybridized carbons (Fsp3) is 0.510. The van der Waals surface area contributed by atoms with Crippen molar-refractivity contribution in [3.8, 4) is 0 Å². The first-order valence-electron chi connectivity index (χ1n) is 23.6. The van der Waals surface area contributed by atoms with Gasteiger partial charge in [-0.15, -0.1) is 0 Å². The summed E-state index contributed by atoms with van der Waals surface area (Å²) in [4.78, 5) is 141. The standard InChI is InChI=1S/C49H67N7O16S2/c1-50-36(45(66)55(2)37(26-43(63)64)46(67)56(3)38(28-74-4)48(70)71)27-51-44(65)32(23-30-13-7-5-8-14-30)25-39(59)35(24-31-15-9-6-10-16-31)52-40(60)18-12-11-17-33(58)19-20-34(47(68)69)53-49(73)54-41(72-29-57)21-22-42(61)62/h5-10,13-16,29,32,34-38,41,50H,11-12,17-28H2,1-4H3,(H,51,65)(H,52,60)(H,61,62)(H,63,64)(H,68,69)(H,70,71)(H2,53,54,73)/t32-,34+,35+,36+,37?,38?,41-/m1/s1. The van der Waals surface area contributed by atoms with Gasteiger partial charge in [0.1, 0.15) is 30.0 Å². The smallest absolute Gasteiger partial charge is 0.327 e. The Kier molecular flexibility index (Phi) is 28.7. The lowest BCUT2D eigenvalue weighted by molar-refractivity contribution is -0.154. The summed E-state index contributed by atoms with van der Waals surface area (Å²) < 4.78 is 4.76. The molecule has 0 fully saturated rings. The van der Waals surface area contributed by atoms with Crippen LogP contribution in [0, 0.1) is 5.92 Å². The van der Waals surface area contributed by atoms with Gasteiger partial charge in [0.05, 0.1) is 18.9 Å². The zero-order chi connectivity index (χ0) is 55.3. The van der Waals surface area contributed by atoms with E-state index in [1.807, 2.05) is 0 Å². The quantitative estimate of drug-likeness (QED) is 0.0197. The van der Waals surface area contributed by atoms with E-state index in [0.29, 0.717) is 11.1 Å². The monoisotopic (exact) mass is 1070 g/mol. The Hall–Kier alpha value is -6.99. The maximum absolute atomic E-state index is 14.3. The summed E-state index contributed by atoms with van der Waals surface area (Å²) >= 11 is 6.25. The largest absolute Gasteiger partial charge is 0.481 e. The number of benzene rings is 2. The van der Waals surface area contributed by atoms with E-state index in [2.05, 4.69) is 26.6 Å². The minimum atomic E-state index is -1.60. The Morgan fingerprint density at radius 1 is 0.676 bits per heavy atom. The number of carbonyl (C=O) groups excluding carboxylic acids is 7. The van der Waals surface area contributed by atoms with E-state index in [4.69, 9.17) is 22.1 Å². The first-order valence-corrected chi connectivity index (χ1v) is 25.4. The van der Waals surface area contributed by atoms with E-state index in [9.17, 15) is 68.1 Å². The normalized spacial score (nSPS) is 13.7. The Labute approximate surface area is 438 Å². The maximum atomic E-state index is 14.3. The van der Waals surface area contributed by atoms with Crippen LogP contribution in [0.25, 0.3) is 0 Å². The fourth-order valence-electron chi connectivity index (χ4n) is 7.55. The third-order valence-corrected chi connectivity index (χ3v) is 12.6. The first-order chi connectivity index (χ1) is 35.1. The molecule has 0 aromatic heterocycles. The zero-order valence-corrected chi connectivity index (χ0v) is 43.3. The molecule has 74 heavy (non-hydrogen) atoms. The highest BCUT2D eigenvalue weighted by atomic mass is 32.2. The van der Waals surface area contributed by atoms with Gasteiger partial charge in [0.25, 0.3) is 6.47 Å². The van der Waals surface area contributed by atoms with Crippen LogP contribution in [0.4, 0.5) is 0 Å². The second kappa shape index (κ2) is 33.7. The number of carboxylic acid groups (broad SMARTS) is 4. The average Bonchev–Trinajstić information content (AvgIpc) is 3.36. The van der Waals surface area contributed by atoms with Crippen molar-refractivity contribution in [2.45, 2.75) is 113 Å². The third kappa shape index (κ3) is 23.3. The topological polar surface area (TPSA) is 345 Å². The Balaban J connectivity index is 2.16. The molecule has 2 aromatic carbocycles. The number of nitrogens with one attached hydrogen (secondary N) is 5. The molecule has 4 amide bonds. The van der Waals surface area contributed by atoms with Gasteiger partial charge in [-0.25, -0.2) is 9.59 Å². The average molecular weight is 1070 g/mol. The predicted molar refractivity (Wildman–Crippen MR) is 273 cm³/mol. The van der Waals surface area contributed by atoms with Gasteiger partial charge in [0, 0.05) is 64.4 Å². The molecule has 9 N–H and O–H groups in total. The van der Waals surface area contributed by atoms with Crippen LogP contribution in [-0.2, 0) is 70.3 Å². The highest BCUT2D eigenvalue weighted by Gasteiger charge is 2.38. The van der Waals surface area contributed by atoms with E-state index in [1.165, 1.54) is 21.1 Å². The molecule has 2 rings (SSSR count). The van der Waals surface area contributed by atoms with Crippen LogP contribution in [-0.4, -0.2) is 177 Å². The van der Waals surface area contributed by atoms with Gasteiger partial charge in [0.15, 0.2) is 17.1 Å². The number of likely N-dealkylation sites (N-methyl/N-ethyl adjacent to an activating group) is 3. The summed E-state index contributed by atoms with van der Waals surface area (Å²) in [6.07, 6.45) is -0.965. The number of hydrogen-bond donors (Lipinski definition) is 9. The lowest BCUT2D eigenvalue weighted by Gasteiger charge is -2.34. The number of thiocarbonyl (C=S) groups is 1. The molecular formula is C49H67N7O16S2. The minimum absolute atomic E-state index is 0.000391. The fourth-order valence-corrected chi connectivity index (χ4v) is 8.51. The number of unbranched alkanes of at least 4 members (excludes halogenated alkanes) is 1. The van der Waals surface area contributed by atoms with Gasteiger partial charge in [-0.1, -0.05) is 60.7 Å². The number of carbonyl (C=O) groups is 11. The molecule has 0 aliphatic carbocycles. The lowest BCUT2D eigenvalue weighted by atomic mass is 9.89. The number of hydrogen-bond acceptors (Lipinski definition) is 15. The van der Waals surface area contributed by atoms with Crippen molar-refractivity contribution < 1.29 is 77.9 Å². The number of thioether (sulfide) groups is 1. The van der Waals surface area contributed by atoms with Gasteiger partial charge in [0.2, 0.25) is 23.6 Å². The van der Waals surface area contributed by atoms with Crippen LogP contribution in [0.3, 0.4) is 0 Å². The number of ether oxygens (including phenoxy) is 1. The minimum Gasteiger partial charge on any atom is -0.481 e. The summed E-state index contributed by atoms with van der Waals surface area (Å²) in [5.74, 6) is -9.83. The molecule has 23 nitrogen and oxygen atoms in total. The van der Waals surface area contributed by atoms with Crippen molar-refractivity contribution in [3.05, 3.63) is 71.8 Å². The van der Waals surface area contributed by atoms with Gasteiger partial charge < -0.3 is 61.5 Å². The van der Waals surface area contributed by atoms with Crippen LogP contribution >= 0.6 is 24.0 Å². The van der Waals surface area contributed by atoms with Gasteiger partial charge in [-0.3, -0.25) is 43.2 Å². The number of nitrogens with zero attached hydrogens (tertiary/aromatic N) is 2.